The van der Waals surface area contributed by atoms with Crippen LogP contribution in [0.2, 0.25) is 0 Å². The number of likely N-dealkylation sites (tertiary alicyclic amines) is 1. The van der Waals surface area contributed by atoms with Crippen molar-refractivity contribution in [2.24, 2.45) is 11.1 Å². The molecule has 1 heterocycles. The minimum atomic E-state index is -0.458. The van der Waals surface area contributed by atoms with Crippen LogP contribution >= 0.6 is 12.2 Å². The highest BCUT2D eigenvalue weighted by Gasteiger charge is 2.55. The molecule has 1 amide bonds. The molecule has 1 aliphatic heterocycles. The summed E-state index contributed by atoms with van der Waals surface area (Å²) in [6, 6.07) is 0.410. The lowest BCUT2D eigenvalue weighted by atomic mass is 9.96. The summed E-state index contributed by atoms with van der Waals surface area (Å²) in [5.74, 6) is 0.201. The highest BCUT2D eigenvalue weighted by Crippen LogP contribution is 2.48. The highest BCUT2D eigenvalue weighted by atomic mass is 32.1. The number of piperidine rings is 1. The number of hydrogen-bond donors (Lipinski definition) is 1. The fourth-order valence-electron chi connectivity index (χ4n) is 2.66. The number of nitrogens with zero attached hydrogens (tertiary/aromatic N) is 1. The maximum Gasteiger partial charge on any atom is 0.235 e. The molecule has 0 aromatic rings. The molecule has 0 aromatic carbocycles. The Balaban J connectivity index is 2.11. The molecule has 2 fully saturated rings. The largest absolute Gasteiger partial charge is 0.392 e. The molecule has 0 aromatic heterocycles. The normalized spacial score (nSPS) is 27.6. The van der Waals surface area contributed by atoms with Crippen LogP contribution in [0.4, 0.5) is 0 Å². The van der Waals surface area contributed by atoms with Gasteiger partial charge in [0.2, 0.25) is 5.91 Å². The molecular formula is C12H20N2OS. The Bertz CT molecular complexity index is 312. The van der Waals surface area contributed by atoms with Crippen LogP contribution in [0, 0.1) is 5.41 Å². The summed E-state index contributed by atoms with van der Waals surface area (Å²) < 4.78 is 0. The Morgan fingerprint density at radius 2 is 2.19 bits per heavy atom. The van der Waals surface area contributed by atoms with Gasteiger partial charge in [-0.3, -0.25) is 4.79 Å². The topological polar surface area (TPSA) is 46.3 Å². The molecule has 1 saturated heterocycles. The van der Waals surface area contributed by atoms with Crippen molar-refractivity contribution in [3.63, 3.8) is 0 Å². The first-order chi connectivity index (χ1) is 7.62. The van der Waals surface area contributed by atoms with Gasteiger partial charge in [-0.25, -0.2) is 0 Å². The third kappa shape index (κ3) is 1.83. The molecule has 2 N–H and O–H groups in total. The van der Waals surface area contributed by atoms with Crippen molar-refractivity contribution in [1.82, 2.24) is 4.90 Å². The van der Waals surface area contributed by atoms with Gasteiger partial charge in [-0.1, -0.05) is 19.1 Å². The van der Waals surface area contributed by atoms with Crippen molar-refractivity contribution in [1.29, 1.82) is 0 Å². The number of thiocarbonyl (C=S) groups is 1. The molecule has 2 aliphatic rings. The van der Waals surface area contributed by atoms with E-state index >= 15 is 0 Å². The van der Waals surface area contributed by atoms with E-state index in [9.17, 15) is 4.79 Å². The van der Waals surface area contributed by atoms with Crippen molar-refractivity contribution in [2.75, 3.05) is 6.54 Å². The Labute approximate surface area is 102 Å². The van der Waals surface area contributed by atoms with E-state index < -0.39 is 5.41 Å². The predicted octanol–water partition coefficient (Wildman–Crippen LogP) is 1.84. The number of carbonyl (C=O) groups excluding carboxylic acids is 1. The van der Waals surface area contributed by atoms with Gasteiger partial charge in [0.05, 0.1) is 10.4 Å². The Kier molecular flexibility index (Phi) is 3.19. The van der Waals surface area contributed by atoms with E-state index in [-0.39, 0.29) is 5.91 Å². The number of hydrogen-bond acceptors (Lipinski definition) is 2. The third-order valence-corrected chi connectivity index (χ3v) is 4.38. The Morgan fingerprint density at radius 1 is 1.50 bits per heavy atom. The highest BCUT2D eigenvalue weighted by molar-refractivity contribution is 7.80. The van der Waals surface area contributed by atoms with E-state index in [4.69, 9.17) is 18.0 Å². The van der Waals surface area contributed by atoms with E-state index in [1.54, 1.807) is 0 Å². The van der Waals surface area contributed by atoms with Crippen LogP contribution in [0.3, 0.4) is 0 Å². The first kappa shape index (κ1) is 11.8. The predicted molar refractivity (Wildman–Crippen MR) is 68.1 cm³/mol. The molecule has 4 heteroatoms. The first-order valence-electron chi connectivity index (χ1n) is 6.23. The van der Waals surface area contributed by atoms with E-state index in [0.717, 1.165) is 38.6 Å². The monoisotopic (exact) mass is 240 g/mol. The minimum absolute atomic E-state index is 0.201. The standard InChI is InChI=1S/C12H20N2OS/c1-2-9-5-3-4-8-14(9)11(15)12(6-7-12)10(13)16/h9H,2-8H2,1H3,(H2,13,16). The smallest absolute Gasteiger partial charge is 0.235 e. The van der Waals surface area contributed by atoms with Gasteiger partial charge in [-0.2, -0.15) is 0 Å². The molecule has 90 valence electrons. The number of carbonyl (C=O) groups is 1. The van der Waals surface area contributed by atoms with Crippen LogP contribution < -0.4 is 5.73 Å². The van der Waals surface area contributed by atoms with Crippen LogP contribution in [0.1, 0.15) is 45.4 Å². The average molecular weight is 240 g/mol. The van der Waals surface area contributed by atoms with Crippen LogP contribution in [-0.2, 0) is 4.79 Å². The summed E-state index contributed by atoms with van der Waals surface area (Å²) in [7, 11) is 0. The summed E-state index contributed by atoms with van der Waals surface area (Å²) in [6.07, 6.45) is 6.25. The van der Waals surface area contributed by atoms with E-state index in [1.807, 2.05) is 4.90 Å². The molecular weight excluding hydrogens is 220 g/mol. The summed E-state index contributed by atoms with van der Waals surface area (Å²) in [4.78, 5) is 14.9. The summed E-state index contributed by atoms with van der Waals surface area (Å²) in [6.45, 7) is 3.04. The van der Waals surface area contributed by atoms with Crippen molar-refractivity contribution in [2.45, 2.75) is 51.5 Å². The summed E-state index contributed by atoms with van der Waals surface area (Å²) >= 11 is 5.04. The molecule has 0 spiro atoms. The van der Waals surface area contributed by atoms with Crippen molar-refractivity contribution < 1.29 is 4.79 Å². The Morgan fingerprint density at radius 3 is 2.69 bits per heavy atom. The molecule has 1 unspecified atom stereocenters. The molecule has 1 atom stereocenters. The lowest BCUT2D eigenvalue weighted by molar-refractivity contribution is -0.138. The molecule has 2 rings (SSSR count). The lowest BCUT2D eigenvalue weighted by Gasteiger charge is -2.37. The zero-order valence-corrected chi connectivity index (χ0v) is 10.7. The Hall–Kier alpha value is -0.640. The van der Waals surface area contributed by atoms with Crippen molar-refractivity contribution >= 4 is 23.1 Å². The maximum absolute atomic E-state index is 12.5. The second-order valence-corrected chi connectivity index (χ2v) is 5.44. The second-order valence-electron chi connectivity index (χ2n) is 5.00. The number of rotatable bonds is 3. The third-order valence-electron chi connectivity index (χ3n) is 3.99. The van der Waals surface area contributed by atoms with E-state index in [1.165, 1.54) is 6.42 Å². The van der Waals surface area contributed by atoms with Crippen LogP contribution in [0.15, 0.2) is 0 Å². The fourth-order valence-corrected chi connectivity index (χ4v) is 2.95. The van der Waals surface area contributed by atoms with E-state index in [2.05, 4.69) is 6.92 Å². The van der Waals surface area contributed by atoms with Gasteiger partial charge in [0.15, 0.2) is 0 Å². The van der Waals surface area contributed by atoms with Crippen LogP contribution in [0.5, 0.6) is 0 Å². The molecule has 1 saturated carbocycles. The van der Waals surface area contributed by atoms with Gasteiger partial charge in [0, 0.05) is 12.6 Å². The second kappa shape index (κ2) is 4.32. The van der Waals surface area contributed by atoms with Crippen molar-refractivity contribution in [3.05, 3.63) is 0 Å². The van der Waals surface area contributed by atoms with Gasteiger partial charge >= 0.3 is 0 Å². The maximum atomic E-state index is 12.5. The number of amides is 1. The van der Waals surface area contributed by atoms with Crippen LogP contribution in [-0.4, -0.2) is 28.4 Å². The van der Waals surface area contributed by atoms with Gasteiger partial charge in [-0.05, 0) is 38.5 Å². The SMILES string of the molecule is CCC1CCCCN1C(=O)C1(C(N)=S)CC1. The molecule has 0 radical (unpaired) electrons. The fraction of sp³-hybridized carbons (Fsp3) is 0.833. The zero-order chi connectivity index (χ0) is 11.8. The van der Waals surface area contributed by atoms with E-state index in [0.29, 0.717) is 11.0 Å². The molecule has 16 heavy (non-hydrogen) atoms. The van der Waals surface area contributed by atoms with Gasteiger partial charge in [0.1, 0.15) is 0 Å². The van der Waals surface area contributed by atoms with Crippen molar-refractivity contribution in [3.8, 4) is 0 Å². The van der Waals surface area contributed by atoms with Crippen LogP contribution in [0.25, 0.3) is 0 Å². The zero-order valence-electron chi connectivity index (χ0n) is 9.87. The van der Waals surface area contributed by atoms with Gasteiger partial charge < -0.3 is 10.6 Å². The summed E-state index contributed by atoms with van der Waals surface area (Å²) in [5, 5.41) is 0. The summed E-state index contributed by atoms with van der Waals surface area (Å²) in [5.41, 5.74) is 5.25. The molecule has 0 bridgehead atoms. The minimum Gasteiger partial charge on any atom is -0.392 e. The lowest BCUT2D eigenvalue weighted by Crippen LogP contribution is -2.49. The van der Waals surface area contributed by atoms with Gasteiger partial charge in [-0.15, -0.1) is 0 Å². The number of nitrogens with two attached hydrogens (primary N) is 1. The molecule has 3 nitrogen and oxygen atoms in total. The molecule has 1 aliphatic carbocycles. The quantitative estimate of drug-likeness (QED) is 0.766. The van der Waals surface area contributed by atoms with Gasteiger partial charge in [0.25, 0.3) is 0 Å². The first-order valence-corrected chi connectivity index (χ1v) is 6.63. The average Bonchev–Trinajstić information content (AvgIpc) is 3.09.